The van der Waals surface area contributed by atoms with Crippen LogP contribution in [0.15, 0.2) is 54.1 Å². The van der Waals surface area contributed by atoms with Crippen LogP contribution in [0.1, 0.15) is 18.9 Å². The van der Waals surface area contributed by atoms with Crippen LogP contribution in [0.3, 0.4) is 0 Å². The quantitative estimate of drug-likeness (QED) is 0.549. The highest BCUT2D eigenvalue weighted by Gasteiger charge is 2.37. The first-order chi connectivity index (χ1) is 11.5. The molecule has 0 bridgehead atoms. The number of anilines is 2. The first-order valence-corrected chi connectivity index (χ1v) is 8.18. The Balaban J connectivity index is 2.02. The van der Waals surface area contributed by atoms with E-state index in [1.54, 1.807) is 0 Å². The number of nitrogens with one attached hydrogen (secondary N) is 2. The lowest BCUT2D eigenvalue weighted by molar-refractivity contribution is 0.948. The molecule has 2 aliphatic rings. The van der Waals surface area contributed by atoms with Crippen molar-refractivity contribution in [2.24, 2.45) is 0 Å². The number of fused-ring (bicyclic) bond motifs is 2. The molecule has 4 rings (SSSR count). The number of allylic oxidation sites excluding steroid dienone is 1. The zero-order valence-corrected chi connectivity index (χ0v) is 13.9. The lowest BCUT2D eigenvalue weighted by atomic mass is 9.90. The van der Waals surface area contributed by atoms with Crippen LogP contribution in [0.4, 0.5) is 22.7 Å². The summed E-state index contributed by atoms with van der Waals surface area (Å²) in [5.74, 6) is 0. The van der Waals surface area contributed by atoms with Gasteiger partial charge in [0.2, 0.25) is 11.4 Å². The summed E-state index contributed by atoms with van der Waals surface area (Å²) in [6, 6.07) is 14.6. The Kier molecular flexibility index (Phi) is 3.27. The number of nitrogens with zero attached hydrogens (tertiary/aromatic N) is 1. The number of para-hydroxylation sites is 1. The van der Waals surface area contributed by atoms with Crippen LogP contribution in [0.25, 0.3) is 0 Å². The predicted molar refractivity (Wildman–Crippen MR) is 102 cm³/mol. The number of nitrogen functional groups attached to an aromatic ring is 1. The molecule has 0 saturated carbocycles. The molecule has 2 aromatic rings. The molecule has 0 saturated heterocycles. The molecule has 0 aromatic heterocycles. The van der Waals surface area contributed by atoms with Crippen molar-refractivity contribution in [3.63, 3.8) is 0 Å². The molecule has 24 heavy (non-hydrogen) atoms. The number of hydrogen-bond acceptors (Lipinski definition) is 3. The molecule has 4 nitrogen and oxygen atoms in total. The maximum absolute atomic E-state index is 8.26. The van der Waals surface area contributed by atoms with E-state index in [1.807, 2.05) is 38.1 Å². The number of nitrogens with two attached hydrogens (primary N) is 1. The third-order valence-corrected chi connectivity index (χ3v) is 4.85. The van der Waals surface area contributed by atoms with E-state index in [0.717, 1.165) is 33.9 Å². The summed E-state index contributed by atoms with van der Waals surface area (Å²) >= 11 is 0. The normalized spacial score (nSPS) is 19.3. The molecule has 1 aliphatic heterocycles. The van der Waals surface area contributed by atoms with Gasteiger partial charge >= 0.3 is 0 Å². The van der Waals surface area contributed by atoms with Crippen molar-refractivity contribution in [2.45, 2.75) is 26.3 Å². The van der Waals surface area contributed by atoms with Crippen LogP contribution in [0.5, 0.6) is 0 Å². The van der Waals surface area contributed by atoms with E-state index >= 15 is 0 Å². The van der Waals surface area contributed by atoms with Gasteiger partial charge in [0.15, 0.2) is 5.71 Å². The fraction of sp³-hybridized carbons (Fsp3) is 0.200. The van der Waals surface area contributed by atoms with Gasteiger partial charge in [-0.05, 0) is 37.1 Å². The van der Waals surface area contributed by atoms with Crippen molar-refractivity contribution in [1.29, 1.82) is 5.41 Å². The lowest BCUT2D eigenvalue weighted by Crippen LogP contribution is -2.42. The first kappa shape index (κ1) is 14.7. The fourth-order valence-electron chi connectivity index (χ4n) is 3.44. The number of hydrogen-bond donors (Lipinski definition) is 3. The van der Waals surface area contributed by atoms with Gasteiger partial charge < -0.3 is 16.5 Å². The SMILES string of the molecule is CC1=CC2Nc3cc(C)c(N)cc3[N+](c3ccccc3)=C2CC1=N. The summed E-state index contributed by atoms with van der Waals surface area (Å²) in [5, 5.41) is 11.9. The van der Waals surface area contributed by atoms with Crippen LogP contribution in [-0.2, 0) is 0 Å². The molecular weight excluding hydrogens is 296 g/mol. The molecule has 0 fully saturated rings. The van der Waals surface area contributed by atoms with E-state index in [0.29, 0.717) is 12.1 Å². The summed E-state index contributed by atoms with van der Waals surface area (Å²) in [6.07, 6.45) is 2.79. The van der Waals surface area contributed by atoms with Gasteiger partial charge in [-0.2, -0.15) is 4.58 Å². The highest BCUT2D eigenvalue weighted by atomic mass is 15.1. The molecule has 4 N–H and O–H groups in total. The van der Waals surface area contributed by atoms with Crippen molar-refractivity contribution in [1.82, 2.24) is 4.58 Å². The molecule has 1 atom stereocenters. The highest BCUT2D eigenvalue weighted by molar-refractivity contribution is 6.19. The van der Waals surface area contributed by atoms with Gasteiger partial charge in [0.1, 0.15) is 11.7 Å². The molecule has 0 radical (unpaired) electrons. The second-order valence-electron chi connectivity index (χ2n) is 6.52. The Morgan fingerprint density at radius 3 is 2.67 bits per heavy atom. The minimum Gasteiger partial charge on any atom is -0.398 e. The average Bonchev–Trinajstić information content (AvgIpc) is 2.57. The van der Waals surface area contributed by atoms with Gasteiger partial charge in [-0.1, -0.05) is 18.2 Å². The van der Waals surface area contributed by atoms with E-state index in [-0.39, 0.29) is 6.04 Å². The van der Waals surface area contributed by atoms with Crippen LogP contribution < -0.4 is 15.6 Å². The van der Waals surface area contributed by atoms with Crippen LogP contribution in [0.2, 0.25) is 0 Å². The van der Waals surface area contributed by atoms with Crippen LogP contribution in [0, 0.1) is 12.3 Å². The van der Waals surface area contributed by atoms with Gasteiger partial charge in [0, 0.05) is 29.6 Å². The molecule has 1 unspecified atom stereocenters. The van der Waals surface area contributed by atoms with Gasteiger partial charge in [-0.15, -0.1) is 0 Å². The Labute approximate surface area is 141 Å². The fourth-order valence-corrected chi connectivity index (χ4v) is 3.44. The van der Waals surface area contributed by atoms with Crippen molar-refractivity contribution in [3.05, 3.63) is 59.7 Å². The standard InChI is InChI=1S/C20H21N4/c1-12-8-17-19(10-15(12)21)24(14-6-4-3-5-7-14)20-11-16(22)13(2)9-18(20)23-17/h3-10,18,22-23H,11,21H2,1-2H3/q+1. The van der Waals surface area contributed by atoms with Crippen molar-refractivity contribution < 1.29 is 0 Å². The first-order valence-electron chi connectivity index (χ1n) is 8.18. The van der Waals surface area contributed by atoms with Crippen molar-refractivity contribution >= 4 is 34.2 Å². The molecule has 4 heteroatoms. The number of rotatable bonds is 1. The van der Waals surface area contributed by atoms with Gasteiger partial charge in [0.05, 0.1) is 6.42 Å². The van der Waals surface area contributed by atoms with Gasteiger partial charge in [0.25, 0.3) is 0 Å². The molecular formula is C20H21N4+. The smallest absolute Gasteiger partial charge is 0.236 e. The molecule has 0 spiro atoms. The maximum atomic E-state index is 8.26. The predicted octanol–water partition coefficient (Wildman–Crippen LogP) is 4.02. The third-order valence-electron chi connectivity index (χ3n) is 4.85. The van der Waals surface area contributed by atoms with E-state index in [2.05, 4.69) is 34.2 Å². The topological polar surface area (TPSA) is 64.9 Å². The summed E-state index contributed by atoms with van der Waals surface area (Å²) < 4.78 is 2.25. The largest absolute Gasteiger partial charge is 0.398 e. The van der Waals surface area contributed by atoms with E-state index in [4.69, 9.17) is 11.1 Å². The molecule has 0 amide bonds. The average molecular weight is 317 g/mol. The monoisotopic (exact) mass is 317 g/mol. The number of aryl methyl sites for hydroxylation is 1. The number of benzene rings is 2. The van der Waals surface area contributed by atoms with Crippen molar-refractivity contribution in [2.75, 3.05) is 11.1 Å². The maximum Gasteiger partial charge on any atom is 0.236 e. The molecule has 1 aliphatic carbocycles. The second kappa shape index (κ2) is 5.34. The van der Waals surface area contributed by atoms with E-state index in [1.165, 1.54) is 5.71 Å². The zero-order chi connectivity index (χ0) is 16.8. The van der Waals surface area contributed by atoms with Crippen molar-refractivity contribution in [3.8, 4) is 0 Å². The summed E-state index contributed by atoms with van der Waals surface area (Å²) in [5.41, 5.74) is 14.2. The molecule has 1 heterocycles. The third kappa shape index (κ3) is 2.22. The highest BCUT2D eigenvalue weighted by Crippen LogP contribution is 2.38. The Morgan fingerprint density at radius 1 is 1.17 bits per heavy atom. The minimum absolute atomic E-state index is 0.106. The van der Waals surface area contributed by atoms with E-state index < -0.39 is 0 Å². The van der Waals surface area contributed by atoms with Gasteiger partial charge in [-0.3, -0.25) is 0 Å². The lowest BCUT2D eigenvalue weighted by Gasteiger charge is -2.28. The molecule has 2 aromatic carbocycles. The minimum atomic E-state index is 0.106. The Hall–Kier alpha value is -2.88. The summed E-state index contributed by atoms with van der Waals surface area (Å²) in [6.45, 7) is 4.04. The van der Waals surface area contributed by atoms with Gasteiger partial charge in [-0.25, -0.2) is 0 Å². The van der Waals surface area contributed by atoms with Crippen LogP contribution >= 0.6 is 0 Å². The molecule has 120 valence electrons. The Bertz CT molecular complexity index is 907. The zero-order valence-electron chi connectivity index (χ0n) is 13.9. The van der Waals surface area contributed by atoms with E-state index in [9.17, 15) is 0 Å². The summed E-state index contributed by atoms with van der Waals surface area (Å²) in [4.78, 5) is 0. The Morgan fingerprint density at radius 2 is 1.92 bits per heavy atom. The van der Waals surface area contributed by atoms with Crippen LogP contribution in [-0.4, -0.2) is 17.5 Å². The second-order valence-corrected chi connectivity index (χ2v) is 6.52. The summed E-state index contributed by atoms with van der Waals surface area (Å²) in [7, 11) is 0.